The second-order valence-electron chi connectivity index (χ2n) is 16.9. The number of aromatic nitrogens is 2. The number of likely N-dealkylation sites (N-methyl/N-ethyl adjacent to an activating group) is 2. The van der Waals surface area contributed by atoms with Crippen molar-refractivity contribution in [3.8, 4) is 5.75 Å². The standard InChI is InChI=1S/C44H71N13O10/c1-9-25(5)36(41(64)53-32(19-28-20-48-23-50-28)42(65)57(8)22-34(60)54-37(43(66)67)26(6)10-2)56-39(62)31(18-27-13-15-29(58)16-14-27)52-40(63)35(24(3)4)55-38(61)30(51-33(59)21-47-7)12-11-17-49-44(45)46/h13-16,20,23-26,30-32,35-37,47,58H,9-12,17-19,21-22H2,1-8H3,(H,48,50)(H,51,59)(H,52,63)(H,53,64)(H,54,60)(H,55,61)(H,56,62)(H,66,67)(H4,45,46,49)/t25-,26?,30-,31-,32-,35-,36-,37?/m0/s1. The molecule has 23 nitrogen and oxygen atoms in total. The van der Waals surface area contributed by atoms with Crippen LogP contribution in [0.4, 0.5) is 0 Å². The first-order valence-corrected chi connectivity index (χ1v) is 22.3. The number of hydrogen-bond donors (Lipinski definition) is 12. The van der Waals surface area contributed by atoms with Gasteiger partial charge in [0.25, 0.3) is 0 Å². The van der Waals surface area contributed by atoms with E-state index in [4.69, 9.17) is 11.5 Å². The van der Waals surface area contributed by atoms with E-state index in [1.807, 2.05) is 0 Å². The van der Waals surface area contributed by atoms with Gasteiger partial charge in [0.1, 0.15) is 42.0 Å². The molecule has 372 valence electrons. The topological polar surface area (TPSA) is 358 Å². The third-order valence-corrected chi connectivity index (χ3v) is 11.1. The number of carbonyl (C=O) groups is 8. The second kappa shape index (κ2) is 28.3. The lowest BCUT2D eigenvalue weighted by molar-refractivity contribution is -0.144. The van der Waals surface area contributed by atoms with Crippen molar-refractivity contribution in [1.82, 2.24) is 52.1 Å². The number of amides is 7. The zero-order valence-electron chi connectivity index (χ0n) is 39.7. The van der Waals surface area contributed by atoms with Crippen LogP contribution in [0.15, 0.2) is 41.8 Å². The predicted molar refractivity (Wildman–Crippen MR) is 249 cm³/mol. The van der Waals surface area contributed by atoms with E-state index in [9.17, 15) is 48.6 Å². The molecule has 1 aromatic carbocycles. The minimum atomic E-state index is -1.35. The fraction of sp³-hybridized carbons (Fsp3) is 0.591. The number of benzene rings is 1. The predicted octanol–water partition coefficient (Wildman–Crippen LogP) is -1.63. The quantitative estimate of drug-likeness (QED) is 0.0248. The Balaban J connectivity index is 2.44. The summed E-state index contributed by atoms with van der Waals surface area (Å²) in [5.74, 6) is -7.70. The molecule has 8 atom stereocenters. The van der Waals surface area contributed by atoms with Gasteiger partial charge in [-0.15, -0.1) is 0 Å². The average molecular weight is 942 g/mol. The van der Waals surface area contributed by atoms with Crippen molar-refractivity contribution in [2.24, 2.45) is 34.2 Å². The maximum atomic E-state index is 14.4. The molecule has 67 heavy (non-hydrogen) atoms. The maximum absolute atomic E-state index is 14.4. The number of imidazole rings is 1. The van der Waals surface area contributed by atoms with Gasteiger partial charge < -0.3 is 68.8 Å². The molecule has 2 unspecified atom stereocenters. The van der Waals surface area contributed by atoms with Crippen LogP contribution in [-0.4, -0.2) is 148 Å². The number of nitrogens with zero attached hydrogens (tertiary/aromatic N) is 3. The highest BCUT2D eigenvalue weighted by molar-refractivity contribution is 5.97. The summed E-state index contributed by atoms with van der Waals surface area (Å²) in [6.45, 7) is 9.90. The van der Waals surface area contributed by atoms with Crippen molar-refractivity contribution in [3.63, 3.8) is 0 Å². The number of aliphatic imine (C=N–C) groups is 1. The number of aromatic hydroxyl groups is 1. The Hall–Kier alpha value is -6.78. The van der Waals surface area contributed by atoms with E-state index >= 15 is 0 Å². The molecule has 7 amide bonds. The first-order valence-electron chi connectivity index (χ1n) is 22.3. The number of H-pyrrole nitrogens is 1. The Kier molecular flexibility index (Phi) is 23.8. The van der Waals surface area contributed by atoms with Gasteiger partial charge in [0.15, 0.2) is 5.96 Å². The van der Waals surface area contributed by atoms with E-state index in [0.717, 1.165) is 4.90 Å². The first-order chi connectivity index (χ1) is 31.6. The van der Waals surface area contributed by atoms with Crippen molar-refractivity contribution in [3.05, 3.63) is 48.0 Å². The van der Waals surface area contributed by atoms with Gasteiger partial charge in [0, 0.05) is 38.3 Å². The van der Waals surface area contributed by atoms with Crippen molar-refractivity contribution in [2.75, 3.05) is 33.7 Å². The maximum Gasteiger partial charge on any atom is 0.326 e. The normalized spacial score (nSPS) is 14.6. The molecule has 2 rings (SSSR count). The summed E-state index contributed by atoms with van der Waals surface area (Å²) in [4.78, 5) is 120. The highest BCUT2D eigenvalue weighted by atomic mass is 16.4. The molecule has 0 bridgehead atoms. The molecule has 0 radical (unpaired) electrons. The van der Waals surface area contributed by atoms with Crippen LogP contribution in [0, 0.1) is 17.8 Å². The summed E-state index contributed by atoms with van der Waals surface area (Å²) in [6, 6.07) is -1.47. The SMILES string of the molecule is CCC(C)C(NC(=O)CN(C)C(=O)[C@H](Cc1cnc[nH]1)NC(=O)[C@@H](NC(=O)[C@H](Cc1ccc(O)cc1)NC(=O)[C@@H](NC(=O)[C@H](CCCN=C(N)N)NC(=O)CNC)C(C)C)[C@@H](C)CC)C(=O)O. The Morgan fingerprint density at radius 3 is 1.88 bits per heavy atom. The number of phenols is 1. The number of nitrogens with one attached hydrogen (secondary N) is 8. The highest BCUT2D eigenvalue weighted by Crippen LogP contribution is 2.15. The number of guanidine groups is 1. The zero-order chi connectivity index (χ0) is 50.4. The number of carboxylic acid groups (broad SMARTS) is 1. The van der Waals surface area contributed by atoms with Gasteiger partial charge in [-0.05, 0) is 55.3 Å². The zero-order valence-corrected chi connectivity index (χ0v) is 39.7. The number of nitrogens with two attached hydrogens (primary N) is 2. The summed E-state index contributed by atoms with van der Waals surface area (Å²) < 4.78 is 0. The Labute approximate surface area is 391 Å². The van der Waals surface area contributed by atoms with Gasteiger partial charge in [0.2, 0.25) is 41.4 Å². The van der Waals surface area contributed by atoms with Crippen molar-refractivity contribution in [2.45, 2.75) is 116 Å². The van der Waals surface area contributed by atoms with Crippen molar-refractivity contribution >= 4 is 53.3 Å². The van der Waals surface area contributed by atoms with Crippen molar-refractivity contribution < 1.29 is 48.6 Å². The molecule has 0 saturated heterocycles. The van der Waals surface area contributed by atoms with Crippen LogP contribution < -0.4 is 48.7 Å². The van der Waals surface area contributed by atoms with E-state index in [2.05, 4.69) is 52.2 Å². The number of aromatic amines is 1. The fourth-order valence-corrected chi connectivity index (χ4v) is 6.80. The number of carbonyl (C=O) groups excluding carboxylic acids is 7. The summed E-state index contributed by atoms with van der Waals surface area (Å²) >= 11 is 0. The van der Waals surface area contributed by atoms with E-state index < -0.39 is 108 Å². The average Bonchev–Trinajstić information content (AvgIpc) is 3.79. The molecule has 2 aromatic rings. The van der Waals surface area contributed by atoms with E-state index in [1.165, 1.54) is 31.7 Å². The van der Waals surface area contributed by atoms with E-state index in [0.29, 0.717) is 30.5 Å². The first kappa shape index (κ1) is 56.3. The van der Waals surface area contributed by atoms with Crippen LogP contribution in [0.5, 0.6) is 5.75 Å². The van der Waals surface area contributed by atoms with Crippen LogP contribution in [0.2, 0.25) is 0 Å². The largest absolute Gasteiger partial charge is 0.508 e. The number of aliphatic carboxylic acids is 1. The molecule has 1 aromatic heterocycles. The third kappa shape index (κ3) is 19.3. The smallest absolute Gasteiger partial charge is 0.326 e. The number of hydrogen-bond acceptors (Lipinski definition) is 12. The lowest BCUT2D eigenvalue weighted by Crippen LogP contribution is -2.61. The molecule has 1 heterocycles. The molecule has 0 aliphatic heterocycles. The van der Waals surface area contributed by atoms with Crippen LogP contribution in [0.3, 0.4) is 0 Å². The minimum Gasteiger partial charge on any atom is -0.508 e. The van der Waals surface area contributed by atoms with Crippen LogP contribution >= 0.6 is 0 Å². The summed E-state index contributed by atoms with van der Waals surface area (Å²) in [5, 5.41) is 38.4. The summed E-state index contributed by atoms with van der Waals surface area (Å²) in [7, 11) is 2.90. The van der Waals surface area contributed by atoms with Gasteiger partial charge in [0.05, 0.1) is 19.4 Å². The lowest BCUT2D eigenvalue weighted by Gasteiger charge is -2.30. The monoisotopic (exact) mass is 942 g/mol. The molecule has 0 spiro atoms. The van der Waals surface area contributed by atoms with Gasteiger partial charge in [-0.25, -0.2) is 9.78 Å². The van der Waals surface area contributed by atoms with Gasteiger partial charge in [-0.2, -0.15) is 0 Å². The van der Waals surface area contributed by atoms with Crippen molar-refractivity contribution in [1.29, 1.82) is 0 Å². The molecule has 0 aliphatic rings. The molecule has 14 N–H and O–H groups in total. The van der Waals surface area contributed by atoms with Crippen LogP contribution in [0.1, 0.15) is 78.5 Å². The Bertz CT molecular complexity index is 1980. The fourth-order valence-electron chi connectivity index (χ4n) is 6.80. The summed E-state index contributed by atoms with van der Waals surface area (Å²) in [5.41, 5.74) is 11.8. The number of carboxylic acids is 1. The Morgan fingerprint density at radius 1 is 0.746 bits per heavy atom. The molecular weight excluding hydrogens is 871 g/mol. The van der Waals surface area contributed by atoms with E-state index in [1.54, 1.807) is 60.7 Å². The van der Waals surface area contributed by atoms with Crippen LogP contribution in [-0.2, 0) is 51.2 Å². The highest BCUT2D eigenvalue weighted by Gasteiger charge is 2.36. The molecule has 0 fully saturated rings. The lowest BCUT2D eigenvalue weighted by atomic mass is 9.96. The molecule has 23 heteroatoms. The molecular formula is C44H71N13O10. The number of rotatable bonds is 29. The van der Waals surface area contributed by atoms with Gasteiger partial charge in [-0.1, -0.05) is 66.5 Å². The summed E-state index contributed by atoms with van der Waals surface area (Å²) in [6.07, 6.45) is 3.92. The number of phenolic OH excluding ortho intramolecular Hbond substituents is 1. The molecule has 0 saturated carbocycles. The Morgan fingerprint density at radius 2 is 1.33 bits per heavy atom. The van der Waals surface area contributed by atoms with Crippen LogP contribution in [0.25, 0.3) is 0 Å². The van der Waals surface area contributed by atoms with E-state index in [-0.39, 0.29) is 44.1 Å². The second-order valence-corrected chi connectivity index (χ2v) is 16.9. The van der Waals surface area contributed by atoms with Gasteiger partial charge >= 0.3 is 5.97 Å². The van der Waals surface area contributed by atoms with Gasteiger partial charge in [-0.3, -0.25) is 38.6 Å². The third-order valence-electron chi connectivity index (χ3n) is 11.1. The molecule has 0 aliphatic carbocycles. The minimum absolute atomic E-state index is 0.0411.